The number of ether oxygens (including phenoxy) is 4. The quantitative estimate of drug-likeness (QED) is 0.724. The molecule has 1 aliphatic rings. The van der Waals surface area contributed by atoms with Crippen molar-refractivity contribution in [2.24, 2.45) is 0 Å². The van der Waals surface area contributed by atoms with Gasteiger partial charge in [0, 0.05) is 7.11 Å². The van der Waals surface area contributed by atoms with Gasteiger partial charge < -0.3 is 18.9 Å². The van der Waals surface area contributed by atoms with Gasteiger partial charge in [0.2, 0.25) is 0 Å². The van der Waals surface area contributed by atoms with E-state index >= 15 is 0 Å². The van der Waals surface area contributed by atoms with Gasteiger partial charge in [-0.15, -0.1) is 6.58 Å². The van der Waals surface area contributed by atoms with Gasteiger partial charge in [0.25, 0.3) is 0 Å². The molecular formula is C17H22O4. The Labute approximate surface area is 126 Å². The molecule has 0 radical (unpaired) electrons. The fourth-order valence-corrected chi connectivity index (χ4v) is 2.26. The van der Waals surface area contributed by atoms with Gasteiger partial charge in [-0.2, -0.15) is 0 Å². The van der Waals surface area contributed by atoms with Crippen LogP contribution in [0.5, 0.6) is 0 Å². The van der Waals surface area contributed by atoms with Crippen LogP contribution in [0, 0.1) is 0 Å². The van der Waals surface area contributed by atoms with E-state index in [-0.39, 0.29) is 12.2 Å². The standard InChI is InChI=1S/C17H22O4/c1-4-10-19-15-13(2)11-21-17(18-3)16(15)20-12-14-8-6-5-7-9-14/h4-9,15-17H,1-2,10-12H2,3H3/t15-,16+,17-/m0/s1. The lowest BCUT2D eigenvalue weighted by Crippen LogP contribution is -2.49. The number of hydrogen-bond acceptors (Lipinski definition) is 4. The molecule has 0 unspecified atom stereocenters. The van der Waals surface area contributed by atoms with E-state index in [4.69, 9.17) is 18.9 Å². The van der Waals surface area contributed by atoms with Crippen molar-refractivity contribution in [1.29, 1.82) is 0 Å². The first-order valence-electron chi connectivity index (χ1n) is 6.96. The summed E-state index contributed by atoms with van der Waals surface area (Å²) >= 11 is 0. The summed E-state index contributed by atoms with van der Waals surface area (Å²) in [6.45, 7) is 8.98. The Morgan fingerprint density at radius 1 is 1.29 bits per heavy atom. The molecule has 0 saturated carbocycles. The second kappa shape index (κ2) is 8.10. The highest BCUT2D eigenvalue weighted by atomic mass is 16.7. The van der Waals surface area contributed by atoms with E-state index in [1.807, 2.05) is 30.3 Å². The highest BCUT2D eigenvalue weighted by Crippen LogP contribution is 2.25. The predicted octanol–water partition coefficient (Wildman–Crippen LogP) is 2.70. The molecule has 21 heavy (non-hydrogen) atoms. The van der Waals surface area contributed by atoms with Crippen LogP contribution >= 0.6 is 0 Å². The monoisotopic (exact) mass is 290 g/mol. The highest BCUT2D eigenvalue weighted by Gasteiger charge is 2.38. The van der Waals surface area contributed by atoms with Gasteiger partial charge in [-0.05, 0) is 11.1 Å². The zero-order valence-electron chi connectivity index (χ0n) is 12.4. The smallest absolute Gasteiger partial charge is 0.186 e. The number of hydrogen-bond donors (Lipinski definition) is 0. The van der Waals surface area contributed by atoms with Gasteiger partial charge in [-0.3, -0.25) is 0 Å². The normalized spacial score (nSPS) is 25.8. The summed E-state index contributed by atoms with van der Waals surface area (Å²) < 4.78 is 22.7. The van der Waals surface area contributed by atoms with E-state index in [2.05, 4.69) is 13.2 Å². The number of benzene rings is 1. The molecule has 0 amide bonds. The molecule has 1 heterocycles. The van der Waals surface area contributed by atoms with Crippen molar-refractivity contribution < 1.29 is 18.9 Å². The zero-order chi connectivity index (χ0) is 15.1. The van der Waals surface area contributed by atoms with E-state index in [1.165, 1.54) is 0 Å². The fraction of sp³-hybridized carbons (Fsp3) is 0.412. The van der Waals surface area contributed by atoms with Gasteiger partial charge in [0.05, 0.1) is 19.8 Å². The Balaban J connectivity index is 2.04. The van der Waals surface area contributed by atoms with E-state index < -0.39 is 6.29 Å². The molecular weight excluding hydrogens is 268 g/mol. The summed E-state index contributed by atoms with van der Waals surface area (Å²) in [6, 6.07) is 9.96. The number of methoxy groups -OCH3 is 1. The molecule has 0 aromatic heterocycles. The van der Waals surface area contributed by atoms with Crippen LogP contribution in [0.25, 0.3) is 0 Å². The van der Waals surface area contributed by atoms with Crippen LogP contribution < -0.4 is 0 Å². The zero-order valence-corrected chi connectivity index (χ0v) is 12.4. The first-order chi connectivity index (χ1) is 10.3. The third-order valence-electron chi connectivity index (χ3n) is 3.31. The lowest BCUT2D eigenvalue weighted by Gasteiger charge is -2.37. The summed E-state index contributed by atoms with van der Waals surface area (Å²) in [5.74, 6) is 0. The molecule has 0 spiro atoms. The van der Waals surface area contributed by atoms with Crippen molar-refractivity contribution in [2.45, 2.75) is 25.1 Å². The topological polar surface area (TPSA) is 36.9 Å². The van der Waals surface area contributed by atoms with Crippen molar-refractivity contribution in [2.75, 3.05) is 20.3 Å². The van der Waals surface area contributed by atoms with Gasteiger partial charge in [0.15, 0.2) is 6.29 Å². The SMILES string of the molecule is C=CCO[C@H]1C(=C)CO[C@H](OC)[C@@H]1OCc1ccccc1. The summed E-state index contributed by atoms with van der Waals surface area (Å²) in [7, 11) is 1.60. The van der Waals surface area contributed by atoms with E-state index in [9.17, 15) is 0 Å². The summed E-state index contributed by atoms with van der Waals surface area (Å²) in [4.78, 5) is 0. The van der Waals surface area contributed by atoms with Crippen LogP contribution in [0.2, 0.25) is 0 Å². The molecule has 114 valence electrons. The summed E-state index contributed by atoms with van der Waals surface area (Å²) in [5, 5.41) is 0. The van der Waals surface area contributed by atoms with Crippen molar-refractivity contribution in [3.05, 3.63) is 60.7 Å². The van der Waals surface area contributed by atoms with E-state index in [0.29, 0.717) is 19.8 Å². The Hall–Kier alpha value is -1.46. The fourth-order valence-electron chi connectivity index (χ4n) is 2.26. The lowest BCUT2D eigenvalue weighted by molar-refractivity contribution is -0.238. The van der Waals surface area contributed by atoms with Crippen molar-refractivity contribution >= 4 is 0 Å². The summed E-state index contributed by atoms with van der Waals surface area (Å²) in [6.07, 6.45) is 0.634. The minimum absolute atomic E-state index is 0.259. The lowest BCUT2D eigenvalue weighted by atomic mass is 10.0. The minimum atomic E-state index is -0.464. The maximum Gasteiger partial charge on any atom is 0.186 e. The maximum absolute atomic E-state index is 5.98. The molecule has 1 saturated heterocycles. The Kier molecular flexibility index (Phi) is 6.14. The van der Waals surface area contributed by atoms with Gasteiger partial charge in [0.1, 0.15) is 12.2 Å². The first kappa shape index (κ1) is 15.9. The van der Waals surface area contributed by atoms with Gasteiger partial charge in [-0.1, -0.05) is 43.0 Å². The largest absolute Gasteiger partial charge is 0.367 e. The average Bonchev–Trinajstić information content (AvgIpc) is 2.53. The van der Waals surface area contributed by atoms with Crippen molar-refractivity contribution in [3.8, 4) is 0 Å². The van der Waals surface area contributed by atoms with Crippen LogP contribution in [0.4, 0.5) is 0 Å². The Bertz CT molecular complexity index is 457. The highest BCUT2D eigenvalue weighted by molar-refractivity contribution is 5.14. The average molecular weight is 290 g/mol. The van der Waals surface area contributed by atoms with Crippen LogP contribution in [0.1, 0.15) is 5.56 Å². The molecule has 0 bridgehead atoms. The predicted molar refractivity (Wildman–Crippen MR) is 80.8 cm³/mol. The summed E-state index contributed by atoms with van der Waals surface area (Å²) in [5.41, 5.74) is 1.94. The van der Waals surface area contributed by atoms with Gasteiger partial charge >= 0.3 is 0 Å². The molecule has 0 aliphatic carbocycles. The number of rotatable bonds is 7. The molecule has 1 aromatic rings. The van der Waals surface area contributed by atoms with Crippen LogP contribution in [-0.2, 0) is 25.6 Å². The van der Waals surface area contributed by atoms with Crippen LogP contribution in [0.3, 0.4) is 0 Å². The minimum Gasteiger partial charge on any atom is -0.367 e. The van der Waals surface area contributed by atoms with Gasteiger partial charge in [-0.25, -0.2) is 0 Å². The Morgan fingerprint density at radius 3 is 2.71 bits per heavy atom. The van der Waals surface area contributed by atoms with Crippen molar-refractivity contribution in [3.63, 3.8) is 0 Å². The maximum atomic E-state index is 5.98. The molecule has 4 heteroatoms. The molecule has 4 nitrogen and oxygen atoms in total. The molecule has 1 aliphatic heterocycles. The first-order valence-corrected chi connectivity index (χ1v) is 6.96. The Morgan fingerprint density at radius 2 is 2.05 bits per heavy atom. The second-order valence-corrected chi connectivity index (χ2v) is 4.88. The second-order valence-electron chi connectivity index (χ2n) is 4.88. The van der Waals surface area contributed by atoms with E-state index in [0.717, 1.165) is 11.1 Å². The van der Waals surface area contributed by atoms with Crippen molar-refractivity contribution in [1.82, 2.24) is 0 Å². The third kappa shape index (κ3) is 4.25. The molecule has 1 fully saturated rings. The van der Waals surface area contributed by atoms with Crippen LogP contribution in [-0.4, -0.2) is 38.8 Å². The third-order valence-corrected chi connectivity index (χ3v) is 3.31. The molecule has 1 aromatic carbocycles. The van der Waals surface area contributed by atoms with Crippen LogP contribution in [0.15, 0.2) is 55.1 Å². The molecule has 0 N–H and O–H groups in total. The van der Waals surface area contributed by atoms with E-state index in [1.54, 1.807) is 13.2 Å². The molecule has 2 rings (SSSR count). The molecule has 3 atom stereocenters.